The Balaban J connectivity index is 1.41. The topological polar surface area (TPSA) is 38.8 Å². The molecule has 23 heavy (non-hydrogen) atoms. The molecule has 0 spiro atoms. The Kier molecular flexibility index (Phi) is 3.07. The Morgan fingerprint density at radius 3 is 2.61 bits per heavy atom. The summed E-state index contributed by atoms with van der Waals surface area (Å²) >= 11 is 0. The normalized spacial score (nSPS) is 23.2. The zero-order valence-corrected chi connectivity index (χ0v) is 13.5. The van der Waals surface area contributed by atoms with Gasteiger partial charge < -0.3 is 14.4 Å². The Labute approximate surface area is 136 Å². The molecule has 0 atom stereocenters. The summed E-state index contributed by atoms with van der Waals surface area (Å²) in [6.07, 6.45) is 6.32. The summed E-state index contributed by atoms with van der Waals surface area (Å²) in [7, 11) is 0. The van der Waals surface area contributed by atoms with E-state index in [9.17, 15) is 4.79 Å². The molecule has 0 radical (unpaired) electrons. The van der Waals surface area contributed by atoms with Crippen molar-refractivity contribution in [3.05, 3.63) is 22.8 Å². The largest absolute Gasteiger partial charge is 0.493 e. The van der Waals surface area contributed by atoms with Gasteiger partial charge in [0.05, 0.1) is 13.2 Å². The molecule has 1 saturated heterocycles. The van der Waals surface area contributed by atoms with Crippen LogP contribution in [0, 0.1) is 5.92 Å². The van der Waals surface area contributed by atoms with Gasteiger partial charge in [0.15, 0.2) is 0 Å². The van der Waals surface area contributed by atoms with Crippen LogP contribution in [0.3, 0.4) is 0 Å². The molecule has 2 fully saturated rings. The van der Waals surface area contributed by atoms with Crippen molar-refractivity contribution in [2.45, 2.75) is 44.4 Å². The first-order valence-electron chi connectivity index (χ1n) is 9.04. The summed E-state index contributed by atoms with van der Waals surface area (Å²) in [6, 6.07) is 2.19. The van der Waals surface area contributed by atoms with E-state index in [1.807, 2.05) is 0 Å². The number of piperidine rings is 1. The van der Waals surface area contributed by atoms with Crippen molar-refractivity contribution in [1.82, 2.24) is 4.90 Å². The lowest BCUT2D eigenvalue weighted by atomic mass is 9.83. The first-order valence-corrected chi connectivity index (χ1v) is 9.04. The average Bonchev–Trinajstić information content (AvgIpc) is 3.15. The molecule has 122 valence electrons. The number of ether oxygens (including phenoxy) is 2. The van der Waals surface area contributed by atoms with E-state index in [-0.39, 0.29) is 0 Å². The minimum atomic E-state index is 0.341. The first kappa shape index (κ1) is 13.7. The third kappa shape index (κ3) is 2.22. The number of hydrogen-bond donors (Lipinski definition) is 0. The molecule has 1 aromatic rings. The Bertz CT molecular complexity index is 625. The highest BCUT2D eigenvalue weighted by Crippen LogP contribution is 2.47. The maximum atomic E-state index is 12.3. The Morgan fingerprint density at radius 1 is 1.04 bits per heavy atom. The molecular weight excluding hydrogens is 290 g/mol. The third-order valence-electron chi connectivity index (χ3n) is 5.83. The van der Waals surface area contributed by atoms with Crippen LogP contribution in [0.5, 0.6) is 11.5 Å². The zero-order valence-electron chi connectivity index (χ0n) is 13.5. The van der Waals surface area contributed by atoms with E-state index >= 15 is 0 Å². The number of carbonyl (C=O) groups excluding carboxylic acids is 1. The molecule has 1 saturated carbocycles. The maximum Gasteiger partial charge on any atom is 0.225 e. The molecule has 4 aliphatic rings. The van der Waals surface area contributed by atoms with Gasteiger partial charge in [0.2, 0.25) is 5.91 Å². The van der Waals surface area contributed by atoms with Crippen LogP contribution in [0.2, 0.25) is 0 Å². The van der Waals surface area contributed by atoms with Crippen molar-refractivity contribution in [3.63, 3.8) is 0 Å². The summed E-state index contributed by atoms with van der Waals surface area (Å²) < 4.78 is 11.8. The molecular formula is C19H23NO3. The smallest absolute Gasteiger partial charge is 0.225 e. The molecule has 0 bridgehead atoms. The third-order valence-corrected chi connectivity index (χ3v) is 5.83. The highest BCUT2D eigenvalue weighted by Gasteiger charge is 2.37. The monoisotopic (exact) mass is 313 g/mol. The molecule has 1 amide bonds. The fraction of sp³-hybridized carbons (Fsp3) is 0.632. The SMILES string of the molecule is O=C(C1CC1)N1CCC(c2c3c(cc4c2OCC4)OCC3)CC1. The van der Waals surface area contributed by atoms with Crippen LogP contribution in [0.15, 0.2) is 6.07 Å². The standard InChI is InChI=1S/C19H23NO3/c21-19(13-1-2-13)20-7-3-12(4-8-20)17-15-6-10-22-16(15)11-14-5-9-23-18(14)17/h11-13H,1-10H2. The van der Waals surface area contributed by atoms with Gasteiger partial charge in [-0.25, -0.2) is 0 Å². The van der Waals surface area contributed by atoms with E-state index in [1.165, 1.54) is 16.7 Å². The Hall–Kier alpha value is -1.71. The van der Waals surface area contributed by atoms with Gasteiger partial charge in [-0.3, -0.25) is 4.79 Å². The lowest BCUT2D eigenvalue weighted by Gasteiger charge is -2.33. The molecule has 4 heteroatoms. The van der Waals surface area contributed by atoms with Gasteiger partial charge in [-0.2, -0.15) is 0 Å². The number of fused-ring (bicyclic) bond motifs is 2. The molecule has 0 N–H and O–H groups in total. The van der Waals surface area contributed by atoms with E-state index < -0.39 is 0 Å². The predicted octanol–water partition coefficient (Wildman–Crippen LogP) is 2.67. The zero-order chi connectivity index (χ0) is 15.4. The first-order chi connectivity index (χ1) is 11.3. The van der Waals surface area contributed by atoms with Gasteiger partial charge >= 0.3 is 0 Å². The second-order valence-electron chi connectivity index (χ2n) is 7.33. The number of carbonyl (C=O) groups is 1. The van der Waals surface area contributed by atoms with Gasteiger partial charge in [-0.05, 0) is 37.7 Å². The summed E-state index contributed by atoms with van der Waals surface area (Å²) in [5, 5.41) is 0. The fourth-order valence-corrected chi connectivity index (χ4v) is 4.43. The summed E-state index contributed by atoms with van der Waals surface area (Å²) in [5.74, 6) is 3.48. The minimum Gasteiger partial charge on any atom is -0.493 e. The number of benzene rings is 1. The van der Waals surface area contributed by atoms with E-state index in [0.717, 1.165) is 76.3 Å². The van der Waals surface area contributed by atoms with Crippen molar-refractivity contribution < 1.29 is 14.3 Å². The molecule has 1 aromatic carbocycles. The van der Waals surface area contributed by atoms with E-state index in [0.29, 0.717) is 17.7 Å². The lowest BCUT2D eigenvalue weighted by molar-refractivity contribution is -0.133. The molecule has 5 rings (SSSR count). The average molecular weight is 313 g/mol. The predicted molar refractivity (Wildman–Crippen MR) is 86.1 cm³/mol. The summed E-state index contributed by atoms with van der Waals surface area (Å²) in [4.78, 5) is 14.4. The van der Waals surface area contributed by atoms with Crippen molar-refractivity contribution in [2.24, 2.45) is 5.92 Å². The quantitative estimate of drug-likeness (QED) is 0.842. The summed E-state index contributed by atoms with van der Waals surface area (Å²) in [5.41, 5.74) is 4.10. The van der Waals surface area contributed by atoms with E-state index in [4.69, 9.17) is 9.47 Å². The molecule has 0 unspecified atom stereocenters. The summed E-state index contributed by atoms with van der Waals surface area (Å²) in [6.45, 7) is 3.40. The van der Waals surface area contributed by atoms with Crippen LogP contribution in [-0.4, -0.2) is 37.1 Å². The highest BCUT2D eigenvalue weighted by atomic mass is 16.5. The van der Waals surface area contributed by atoms with Gasteiger partial charge in [0.1, 0.15) is 11.5 Å². The van der Waals surface area contributed by atoms with Crippen molar-refractivity contribution in [2.75, 3.05) is 26.3 Å². The number of likely N-dealkylation sites (tertiary alicyclic amines) is 1. The highest BCUT2D eigenvalue weighted by molar-refractivity contribution is 5.81. The van der Waals surface area contributed by atoms with Crippen molar-refractivity contribution in [1.29, 1.82) is 0 Å². The van der Waals surface area contributed by atoms with Gasteiger partial charge in [-0.15, -0.1) is 0 Å². The maximum absolute atomic E-state index is 12.3. The van der Waals surface area contributed by atoms with E-state index in [2.05, 4.69) is 11.0 Å². The van der Waals surface area contributed by atoms with Crippen LogP contribution in [0.4, 0.5) is 0 Å². The van der Waals surface area contributed by atoms with Crippen LogP contribution < -0.4 is 9.47 Å². The number of amides is 1. The minimum absolute atomic E-state index is 0.341. The van der Waals surface area contributed by atoms with Gasteiger partial charge in [0, 0.05) is 48.5 Å². The molecule has 4 nitrogen and oxygen atoms in total. The van der Waals surface area contributed by atoms with Crippen LogP contribution in [-0.2, 0) is 17.6 Å². The Morgan fingerprint density at radius 2 is 1.83 bits per heavy atom. The second kappa shape index (κ2) is 5.15. The molecule has 3 aliphatic heterocycles. The van der Waals surface area contributed by atoms with E-state index in [1.54, 1.807) is 0 Å². The van der Waals surface area contributed by atoms with Crippen LogP contribution >= 0.6 is 0 Å². The number of rotatable bonds is 2. The van der Waals surface area contributed by atoms with Gasteiger partial charge in [-0.1, -0.05) is 0 Å². The molecule has 1 aliphatic carbocycles. The molecule has 3 heterocycles. The van der Waals surface area contributed by atoms with Gasteiger partial charge in [0.25, 0.3) is 0 Å². The van der Waals surface area contributed by atoms with Crippen molar-refractivity contribution >= 4 is 5.91 Å². The van der Waals surface area contributed by atoms with Crippen molar-refractivity contribution in [3.8, 4) is 11.5 Å². The molecule has 0 aromatic heterocycles. The van der Waals surface area contributed by atoms with Crippen LogP contribution in [0.25, 0.3) is 0 Å². The van der Waals surface area contributed by atoms with Crippen LogP contribution in [0.1, 0.15) is 48.3 Å². The fourth-order valence-electron chi connectivity index (χ4n) is 4.43. The lowest BCUT2D eigenvalue weighted by Crippen LogP contribution is -2.39. The number of hydrogen-bond acceptors (Lipinski definition) is 3. The number of nitrogens with zero attached hydrogens (tertiary/aromatic N) is 1. The second-order valence-corrected chi connectivity index (χ2v) is 7.33.